The minimum absolute atomic E-state index is 0.255. The van der Waals surface area contributed by atoms with Crippen molar-refractivity contribution >= 4 is 11.6 Å². The molecule has 1 aromatic heterocycles. The summed E-state index contributed by atoms with van der Waals surface area (Å²) < 4.78 is 17.9. The molecule has 2 aromatic rings. The van der Waals surface area contributed by atoms with Crippen molar-refractivity contribution in [2.75, 3.05) is 12.4 Å². The number of benzene rings is 1. The lowest BCUT2D eigenvalue weighted by Gasteiger charge is -2.05. The van der Waals surface area contributed by atoms with E-state index in [2.05, 4.69) is 10.3 Å². The SMILES string of the molecule is COc1ccc(NC(=O)c2cccc(F)c2)cn1. The van der Waals surface area contributed by atoms with Gasteiger partial charge in [0, 0.05) is 11.6 Å². The molecule has 1 aromatic carbocycles. The van der Waals surface area contributed by atoms with Crippen LogP contribution in [0, 0.1) is 5.82 Å². The molecule has 5 heteroatoms. The van der Waals surface area contributed by atoms with Crippen molar-refractivity contribution in [1.82, 2.24) is 4.98 Å². The fourth-order valence-electron chi connectivity index (χ4n) is 1.41. The molecular formula is C13H11FN2O2. The summed E-state index contributed by atoms with van der Waals surface area (Å²) in [5, 5.41) is 2.61. The summed E-state index contributed by atoms with van der Waals surface area (Å²) in [5.74, 6) is -0.379. The Labute approximate surface area is 103 Å². The maximum atomic E-state index is 13.0. The summed E-state index contributed by atoms with van der Waals surface area (Å²) in [6.45, 7) is 0. The Hall–Kier alpha value is -2.43. The van der Waals surface area contributed by atoms with Gasteiger partial charge in [-0.1, -0.05) is 6.07 Å². The number of amides is 1. The molecule has 1 N–H and O–H groups in total. The van der Waals surface area contributed by atoms with Gasteiger partial charge < -0.3 is 10.1 Å². The summed E-state index contributed by atoms with van der Waals surface area (Å²) in [6, 6.07) is 8.76. The van der Waals surface area contributed by atoms with Crippen molar-refractivity contribution in [3.8, 4) is 5.88 Å². The largest absolute Gasteiger partial charge is 0.481 e. The van der Waals surface area contributed by atoms with E-state index < -0.39 is 5.82 Å². The van der Waals surface area contributed by atoms with Gasteiger partial charge in [0.2, 0.25) is 5.88 Å². The van der Waals surface area contributed by atoms with E-state index >= 15 is 0 Å². The third-order valence-corrected chi connectivity index (χ3v) is 2.29. The molecule has 0 atom stereocenters. The number of hydrogen-bond donors (Lipinski definition) is 1. The van der Waals surface area contributed by atoms with Crippen molar-refractivity contribution in [3.63, 3.8) is 0 Å². The van der Waals surface area contributed by atoms with Crippen LogP contribution >= 0.6 is 0 Å². The third-order valence-electron chi connectivity index (χ3n) is 2.29. The maximum Gasteiger partial charge on any atom is 0.255 e. The van der Waals surface area contributed by atoms with Crippen LogP contribution in [0.2, 0.25) is 0 Å². The average molecular weight is 246 g/mol. The number of nitrogens with zero attached hydrogens (tertiary/aromatic N) is 1. The fourth-order valence-corrected chi connectivity index (χ4v) is 1.41. The minimum atomic E-state index is -0.449. The standard InChI is InChI=1S/C13H11FN2O2/c1-18-12-6-5-11(8-15-12)16-13(17)9-3-2-4-10(14)7-9/h2-8H,1H3,(H,16,17). The van der Waals surface area contributed by atoms with Crippen LogP contribution in [0.1, 0.15) is 10.4 Å². The molecule has 1 amide bonds. The molecule has 0 aliphatic heterocycles. The zero-order chi connectivity index (χ0) is 13.0. The van der Waals surface area contributed by atoms with E-state index in [1.165, 1.54) is 37.6 Å². The summed E-state index contributed by atoms with van der Waals surface area (Å²) in [7, 11) is 1.51. The van der Waals surface area contributed by atoms with Gasteiger partial charge >= 0.3 is 0 Å². The Morgan fingerprint density at radius 3 is 2.78 bits per heavy atom. The Bertz CT molecular complexity index is 555. The molecule has 4 nitrogen and oxygen atoms in total. The number of methoxy groups -OCH3 is 1. The highest BCUT2D eigenvalue weighted by atomic mass is 19.1. The molecule has 0 aliphatic carbocycles. The Kier molecular flexibility index (Phi) is 3.52. The zero-order valence-electron chi connectivity index (χ0n) is 9.68. The van der Waals surface area contributed by atoms with E-state index in [0.717, 1.165) is 0 Å². The van der Waals surface area contributed by atoms with Gasteiger partial charge in [-0.2, -0.15) is 0 Å². The quantitative estimate of drug-likeness (QED) is 0.905. The van der Waals surface area contributed by atoms with E-state index in [1.807, 2.05) is 0 Å². The van der Waals surface area contributed by atoms with Crippen LogP contribution in [0.5, 0.6) is 5.88 Å². The van der Waals surface area contributed by atoms with Gasteiger partial charge in [0.25, 0.3) is 5.91 Å². The lowest BCUT2D eigenvalue weighted by atomic mass is 10.2. The van der Waals surface area contributed by atoms with Crippen LogP contribution in [-0.4, -0.2) is 18.0 Å². The lowest BCUT2D eigenvalue weighted by Crippen LogP contribution is -2.12. The predicted octanol–water partition coefficient (Wildman–Crippen LogP) is 2.48. The number of pyridine rings is 1. The Morgan fingerprint density at radius 2 is 2.17 bits per heavy atom. The molecule has 0 unspecified atom stereocenters. The van der Waals surface area contributed by atoms with E-state index in [-0.39, 0.29) is 11.5 Å². The van der Waals surface area contributed by atoms with Crippen molar-refractivity contribution < 1.29 is 13.9 Å². The van der Waals surface area contributed by atoms with Crippen LogP contribution in [0.4, 0.5) is 10.1 Å². The molecule has 92 valence electrons. The second-order valence-corrected chi connectivity index (χ2v) is 3.55. The zero-order valence-corrected chi connectivity index (χ0v) is 9.68. The molecule has 0 radical (unpaired) electrons. The maximum absolute atomic E-state index is 13.0. The van der Waals surface area contributed by atoms with E-state index in [1.54, 1.807) is 12.1 Å². The molecule has 0 bridgehead atoms. The average Bonchev–Trinajstić information content (AvgIpc) is 2.39. The molecule has 0 spiro atoms. The van der Waals surface area contributed by atoms with Gasteiger partial charge in [0.15, 0.2) is 0 Å². The molecule has 1 heterocycles. The number of rotatable bonds is 3. The van der Waals surface area contributed by atoms with Crippen LogP contribution in [0.15, 0.2) is 42.6 Å². The second kappa shape index (κ2) is 5.27. The number of carbonyl (C=O) groups excluding carboxylic acids is 1. The summed E-state index contributed by atoms with van der Waals surface area (Å²) in [5.41, 5.74) is 0.774. The first-order valence-electron chi connectivity index (χ1n) is 5.26. The molecule has 0 aliphatic rings. The fraction of sp³-hybridized carbons (Fsp3) is 0.0769. The molecular weight excluding hydrogens is 235 g/mol. The number of anilines is 1. The van der Waals surface area contributed by atoms with Crippen molar-refractivity contribution in [3.05, 3.63) is 54.0 Å². The smallest absolute Gasteiger partial charge is 0.255 e. The van der Waals surface area contributed by atoms with Gasteiger partial charge in [-0.15, -0.1) is 0 Å². The van der Waals surface area contributed by atoms with E-state index in [0.29, 0.717) is 11.6 Å². The normalized spacial score (nSPS) is 9.89. The van der Waals surface area contributed by atoms with Crippen LogP contribution < -0.4 is 10.1 Å². The van der Waals surface area contributed by atoms with Gasteiger partial charge in [0.1, 0.15) is 5.82 Å². The van der Waals surface area contributed by atoms with E-state index in [4.69, 9.17) is 4.74 Å². The summed E-state index contributed by atoms with van der Waals surface area (Å²) >= 11 is 0. The van der Waals surface area contributed by atoms with Gasteiger partial charge in [-0.25, -0.2) is 9.37 Å². The first-order valence-corrected chi connectivity index (χ1v) is 5.26. The van der Waals surface area contributed by atoms with Crippen molar-refractivity contribution in [1.29, 1.82) is 0 Å². The molecule has 2 rings (SSSR count). The number of nitrogens with one attached hydrogen (secondary N) is 1. The number of hydrogen-bond acceptors (Lipinski definition) is 3. The molecule has 0 saturated carbocycles. The van der Waals surface area contributed by atoms with Crippen LogP contribution in [-0.2, 0) is 0 Å². The molecule has 0 fully saturated rings. The lowest BCUT2D eigenvalue weighted by molar-refractivity contribution is 0.102. The van der Waals surface area contributed by atoms with Crippen LogP contribution in [0.3, 0.4) is 0 Å². The molecule has 18 heavy (non-hydrogen) atoms. The molecule has 0 saturated heterocycles. The first-order chi connectivity index (χ1) is 8.69. The van der Waals surface area contributed by atoms with Crippen molar-refractivity contribution in [2.45, 2.75) is 0 Å². The summed E-state index contributed by atoms with van der Waals surface area (Å²) in [4.78, 5) is 15.7. The highest BCUT2D eigenvalue weighted by Gasteiger charge is 2.07. The van der Waals surface area contributed by atoms with E-state index in [9.17, 15) is 9.18 Å². The number of carbonyl (C=O) groups is 1. The number of ether oxygens (including phenoxy) is 1. The van der Waals surface area contributed by atoms with Crippen molar-refractivity contribution in [2.24, 2.45) is 0 Å². The van der Waals surface area contributed by atoms with Gasteiger partial charge in [-0.05, 0) is 24.3 Å². The Morgan fingerprint density at radius 1 is 1.33 bits per heavy atom. The highest BCUT2D eigenvalue weighted by Crippen LogP contribution is 2.12. The highest BCUT2D eigenvalue weighted by molar-refractivity contribution is 6.04. The number of halogens is 1. The Balaban J connectivity index is 2.11. The van der Waals surface area contributed by atoms with Gasteiger partial charge in [0.05, 0.1) is 19.0 Å². The topological polar surface area (TPSA) is 51.2 Å². The summed E-state index contributed by atoms with van der Waals surface area (Å²) in [6.07, 6.45) is 1.47. The van der Waals surface area contributed by atoms with Crippen LogP contribution in [0.25, 0.3) is 0 Å². The predicted molar refractivity (Wildman–Crippen MR) is 65.1 cm³/mol. The number of aromatic nitrogens is 1. The third kappa shape index (κ3) is 2.82. The first kappa shape index (κ1) is 12.0. The second-order valence-electron chi connectivity index (χ2n) is 3.55. The van der Waals surface area contributed by atoms with Gasteiger partial charge in [-0.3, -0.25) is 4.79 Å². The minimum Gasteiger partial charge on any atom is -0.481 e. The monoisotopic (exact) mass is 246 g/mol.